The van der Waals surface area contributed by atoms with Crippen molar-refractivity contribution < 1.29 is 0 Å². The summed E-state index contributed by atoms with van der Waals surface area (Å²) in [7, 11) is 0. The molecular formula is C36H26N2. The summed E-state index contributed by atoms with van der Waals surface area (Å²) in [6.45, 7) is 0. The Kier molecular flexibility index (Phi) is 4.68. The molecule has 5 aromatic carbocycles. The van der Waals surface area contributed by atoms with Gasteiger partial charge in [-0.2, -0.15) is 0 Å². The van der Waals surface area contributed by atoms with Gasteiger partial charge in [-0.1, -0.05) is 91.0 Å². The van der Waals surface area contributed by atoms with Gasteiger partial charge in [-0.3, -0.25) is 0 Å². The first-order valence-electron chi connectivity index (χ1n) is 13.4. The molecule has 0 saturated carbocycles. The highest BCUT2D eigenvalue weighted by Gasteiger charge is 2.19. The molecule has 180 valence electrons. The van der Waals surface area contributed by atoms with Gasteiger partial charge in [0.2, 0.25) is 0 Å². The summed E-state index contributed by atoms with van der Waals surface area (Å²) >= 11 is 0. The van der Waals surface area contributed by atoms with Crippen LogP contribution in [0.25, 0.3) is 61.3 Å². The molecule has 7 aromatic rings. The maximum absolute atomic E-state index is 2.42. The number of fused-ring (bicyclic) bond motifs is 6. The quantitative estimate of drug-likeness (QED) is 0.235. The summed E-state index contributed by atoms with van der Waals surface area (Å²) in [6.07, 6.45) is 6.81. The summed E-state index contributed by atoms with van der Waals surface area (Å²) in [5, 5.41) is 3.93. The van der Waals surface area contributed by atoms with Gasteiger partial charge in [-0.25, -0.2) is 0 Å². The van der Waals surface area contributed by atoms with E-state index in [9.17, 15) is 0 Å². The second kappa shape index (κ2) is 8.36. The van der Waals surface area contributed by atoms with Gasteiger partial charge in [0.25, 0.3) is 0 Å². The lowest BCUT2D eigenvalue weighted by Crippen LogP contribution is -2.00. The molecule has 0 fully saturated rings. The SMILES string of the molecule is C1=Cc2c(c3ccccc3n2-c2ccc(-c3ccccc3-n3c4ccccc4c4ccccc43)cc2)CC1. The molecule has 0 N–H and O–H groups in total. The van der Waals surface area contributed by atoms with Crippen molar-refractivity contribution in [3.8, 4) is 22.5 Å². The van der Waals surface area contributed by atoms with E-state index in [-0.39, 0.29) is 0 Å². The number of hydrogen-bond donors (Lipinski definition) is 0. The summed E-state index contributed by atoms with van der Waals surface area (Å²) in [5.74, 6) is 0. The molecule has 0 amide bonds. The maximum Gasteiger partial charge on any atom is 0.0541 e. The van der Waals surface area contributed by atoms with E-state index < -0.39 is 0 Å². The van der Waals surface area contributed by atoms with Crippen LogP contribution < -0.4 is 0 Å². The normalized spacial score (nSPS) is 12.9. The van der Waals surface area contributed by atoms with E-state index in [1.54, 1.807) is 0 Å². The van der Waals surface area contributed by atoms with E-state index in [4.69, 9.17) is 0 Å². The van der Waals surface area contributed by atoms with Crippen molar-refractivity contribution in [2.24, 2.45) is 0 Å². The largest absolute Gasteiger partial charge is 0.310 e. The van der Waals surface area contributed by atoms with Gasteiger partial charge < -0.3 is 9.13 Å². The number of hydrogen-bond acceptors (Lipinski definition) is 0. The van der Waals surface area contributed by atoms with Crippen LogP contribution in [0.1, 0.15) is 17.7 Å². The zero-order valence-electron chi connectivity index (χ0n) is 21.0. The van der Waals surface area contributed by atoms with Crippen LogP contribution in [0, 0.1) is 0 Å². The molecule has 8 rings (SSSR count). The average Bonchev–Trinajstić information content (AvgIpc) is 3.51. The van der Waals surface area contributed by atoms with Crippen LogP contribution in [0.5, 0.6) is 0 Å². The van der Waals surface area contributed by atoms with Crippen molar-refractivity contribution in [2.75, 3.05) is 0 Å². The molecule has 0 unspecified atom stereocenters. The van der Waals surface area contributed by atoms with Crippen molar-refractivity contribution in [3.05, 3.63) is 139 Å². The molecule has 2 aromatic heterocycles. The van der Waals surface area contributed by atoms with Crippen LogP contribution in [0.15, 0.2) is 127 Å². The Morgan fingerprint density at radius 3 is 1.79 bits per heavy atom. The number of rotatable bonds is 3. The summed E-state index contributed by atoms with van der Waals surface area (Å²) in [5.41, 5.74) is 11.4. The fraction of sp³-hybridized carbons (Fsp3) is 0.0556. The minimum atomic E-state index is 1.10. The Morgan fingerprint density at radius 1 is 0.500 bits per heavy atom. The number of aromatic nitrogens is 2. The molecule has 1 aliphatic rings. The van der Waals surface area contributed by atoms with Crippen LogP contribution in [-0.2, 0) is 6.42 Å². The lowest BCUT2D eigenvalue weighted by Gasteiger charge is -2.15. The van der Waals surface area contributed by atoms with E-state index >= 15 is 0 Å². The Labute approximate surface area is 221 Å². The molecule has 0 spiro atoms. The monoisotopic (exact) mass is 486 g/mol. The number of benzene rings is 5. The third-order valence-corrected chi connectivity index (χ3v) is 8.02. The number of aryl methyl sites for hydroxylation is 1. The number of para-hydroxylation sites is 4. The summed E-state index contributed by atoms with van der Waals surface area (Å²) < 4.78 is 4.83. The zero-order chi connectivity index (χ0) is 25.1. The minimum Gasteiger partial charge on any atom is -0.310 e. The van der Waals surface area contributed by atoms with E-state index in [2.05, 4.69) is 143 Å². The Morgan fingerprint density at radius 2 is 1.08 bits per heavy atom. The van der Waals surface area contributed by atoms with Gasteiger partial charge in [0.1, 0.15) is 0 Å². The van der Waals surface area contributed by atoms with E-state index in [1.165, 1.54) is 66.5 Å². The zero-order valence-corrected chi connectivity index (χ0v) is 21.0. The van der Waals surface area contributed by atoms with Gasteiger partial charge in [-0.05, 0) is 66.4 Å². The minimum absolute atomic E-state index is 1.10. The molecule has 2 heteroatoms. The number of nitrogens with zero attached hydrogens (tertiary/aromatic N) is 2. The molecule has 0 bridgehead atoms. The molecule has 2 nitrogen and oxygen atoms in total. The average molecular weight is 487 g/mol. The van der Waals surface area contributed by atoms with E-state index in [1.807, 2.05) is 0 Å². The smallest absolute Gasteiger partial charge is 0.0541 e. The standard InChI is InChI=1S/C36H26N2/c1-6-16-32(38-35-19-9-4-14-30(35)31-15-5-10-20-36(31)38)27(11-1)25-21-23-26(24-22-25)37-33-17-7-2-12-28(33)29-13-3-8-18-34(29)37/h1-2,4-12,14-24H,3,13H2. The van der Waals surface area contributed by atoms with Crippen LogP contribution in [0.3, 0.4) is 0 Å². The predicted molar refractivity (Wildman–Crippen MR) is 160 cm³/mol. The summed E-state index contributed by atoms with van der Waals surface area (Å²) in [4.78, 5) is 0. The van der Waals surface area contributed by atoms with E-state index in [0.29, 0.717) is 0 Å². The summed E-state index contributed by atoms with van der Waals surface area (Å²) in [6, 6.07) is 44.1. The first-order chi connectivity index (χ1) is 18.9. The first kappa shape index (κ1) is 21.3. The van der Waals surface area contributed by atoms with Gasteiger partial charge in [0.05, 0.1) is 22.2 Å². The third-order valence-electron chi connectivity index (χ3n) is 8.02. The van der Waals surface area contributed by atoms with Crippen molar-refractivity contribution in [2.45, 2.75) is 12.8 Å². The van der Waals surface area contributed by atoms with Crippen LogP contribution in [0.4, 0.5) is 0 Å². The van der Waals surface area contributed by atoms with Gasteiger partial charge >= 0.3 is 0 Å². The molecule has 0 aliphatic heterocycles. The van der Waals surface area contributed by atoms with Gasteiger partial charge in [0.15, 0.2) is 0 Å². The van der Waals surface area contributed by atoms with Crippen molar-refractivity contribution >= 4 is 38.8 Å². The highest BCUT2D eigenvalue weighted by molar-refractivity contribution is 6.09. The second-order valence-corrected chi connectivity index (χ2v) is 10.1. The molecule has 2 heterocycles. The fourth-order valence-corrected chi connectivity index (χ4v) is 6.35. The van der Waals surface area contributed by atoms with Gasteiger partial charge in [-0.15, -0.1) is 0 Å². The fourth-order valence-electron chi connectivity index (χ4n) is 6.35. The predicted octanol–water partition coefficient (Wildman–Crippen LogP) is 9.35. The van der Waals surface area contributed by atoms with Gasteiger partial charge in [0, 0.05) is 33.1 Å². The Bertz CT molecular complexity index is 1960. The maximum atomic E-state index is 2.42. The topological polar surface area (TPSA) is 9.86 Å². The van der Waals surface area contributed by atoms with Crippen molar-refractivity contribution in [1.82, 2.24) is 9.13 Å². The van der Waals surface area contributed by atoms with Crippen molar-refractivity contribution in [1.29, 1.82) is 0 Å². The van der Waals surface area contributed by atoms with Crippen LogP contribution >= 0.6 is 0 Å². The highest BCUT2D eigenvalue weighted by atomic mass is 15.0. The molecule has 0 atom stereocenters. The third kappa shape index (κ3) is 3.07. The molecule has 38 heavy (non-hydrogen) atoms. The molecular weight excluding hydrogens is 460 g/mol. The molecule has 0 saturated heterocycles. The van der Waals surface area contributed by atoms with E-state index in [0.717, 1.165) is 12.8 Å². The highest BCUT2D eigenvalue weighted by Crippen LogP contribution is 2.37. The van der Waals surface area contributed by atoms with Crippen LogP contribution in [-0.4, -0.2) is 9.13 Å². The molecule has 0 radical (unpaired) electrons. The Hall–Kier alpha value is -4.82. The van der Waals surface area contributed by atoms with Crippen molar-refractivity contribution in [3.63, 3.8) is 0 Å². The van der Waals surface area contributed by atoms with Crippen LogP contribution in [0.2, 0.25) is 0 Å². The lowest BCUT2D eigenvalue weighted by molar-refractivity contribution is 0.967. The molecule has 1 aliphatic carbocycles. The number of allylic oxidation sites excluding steroid dienone is 1. The Balaban J connectivity index is 1.30. The lowest BCUT2D eigenvalue weighted by atomic mass is 10.0. The second-order valence-electron chi connectivity index (χ2n) is 10.1. The first-order valence-corrected chi connectivity index (χ1v) is 13.4.